The molecule has 0 aromatic heterocycles. The van der Waals surface area contributed by atoms with Crippen LogP contribution in [0.2, 0.25) is 0 Å². The van der Waals surface area contributed by atoms with Crippen LogP contribution in [0.25, 0.3) is 0 Å². The number of rotatable bonds is 3. The van der Waals surface area contributed by atoms with Crippen molar-refractivity contribution >= 4 is 44.4 Å². The van der Waals surface area contributed by atoms with Gasteiger partial charge in [0.15, 0.2) is 0 Å². The summed E-state index contributed by atoms with van der Waals surface area (Å²) in [7, 11) is 0. The summed E-state index contributed by atoms with van der Waals surface area (Å²) in [5.41, 5.74) is 5.26. The molecule has 0 aliphatic carbocycles. The zero-order chi connectivity index (χ0) is 29.3. The molecule has 2 aliphatic rings. The summed E-state index contributed by atoms with van der Waals surface area (Å²) in [6.45, 7) is 5.91. The summed E-state index contributed by atoms with van der Waals surface area (Å²) in [4.78, 5) is 5.97. The number of halogens is 7. The molecule has 0 saturated heterocycles. The van der Waals surface area contributed by atoms with E-state index in [1.165, 1.54) is 34.7 Å². The fraction of sp³-hybridized carbons (Fsp3) is 0.226. The van der Waals surface area contributed by atoms with Crippen molar-refractivity contribution in [2.24, 2.45) is 0 Å². The van der Waals surface area contributed by atoms with Crippen molar-refractivity contribution in [2.75, 3.05) is 21.4 Å². The molecule has 0 atom stereocenters. The Hall–Kier alpha value is -3.66. The maximum atomic E-state index is 13.7. The normalized spacial score (nSPS) is 14.6. The lowest BCUT2D eigenvalue weighted by molar-refractivity contribution is -0.138. The van der Waals surface area contributed by atoms with Crippen LogP contribution in [0.4, 0.5) is 54.8 Å². The number of anilines is 5. The Morgan fingerprint density at radius 1 is 0.634 bits per heavy atom. The van der Waals surface area contributed by atoms with Gasteiger partial charge in [-0.05, 0) is 96.8 Å². The highest BCUT2D eigenvalue weighted by Gasteiger charge is 2.35. The van der Waals surface area contributed by atoms with Crippen molar-refractivity contribution in [1.82, 2.24) is 0 Å². The highest BCUT2D eigenvalue weighted by molar-refractivity contribution is 9.10. The van der Waals surface area contributed by atoms with Crippen LogP contribution < -0.4 is 14.7 Å². The highest BCUT2D eigenvalue weighted by Crippen LogP contribution is 2.46. The van der Waals surface area contributed by atoms with E-state index in [0.717, 1.165) is 56.8 Å². The largest absolute Gasteiger partial charge is 0.416 e. The zero-order valence-electron chi connectivity index (χ0n) is 22.0. The maximum Gasteiger partial charge on any atom is 0.416 e. The van der Waals surface area contributed by atoms with Crippen LogP contribution in [-0.4, -0.2) is 6.67 Å². The molecule has 212 valence electrons. The maximum absolute atomic E-state index is 13.7. The molecule has 0 unspecified atom stereocenters. The van der Waals surface area contributed by atoms with Crippen LogP contribution in [0, 0.1) is 13.8 Å². The van der Waals surface area contributed by atoms with E-state index in [4.69, 9.17) is 0 Å². The minimum atomic E-state index is -4.61. The topological polar surface area (TPSA) is 9.72 Å². The second kappa shape index (κ2) is 9.72. The van der Waals surface area contributed by atoms with Crippen molar-refractivity contribution in [3.05, 3.63) is 111 Å². The van der Waals surface area contributed by atoms with E-state index in [9.17, 15) is 26.3 Å². The number of hydrogen-bond acceptors (Lipinski definition) is 3. The number of benzene rings is 4. The first-order valence-corrected chi connectivity index (χ1v) is 13.7. The van der Waals surface area contributed by atoms with E-state index < -0.39 is 23.5 Å². The summed E-state index contributed by atoms with van der Waals surface area (Å²) in [5.74, 6) is 0. The molecule has 41 heavy (non-hydrogen) atoms. The third kappa shape index (κ3) is 5.03. The Kier molecular flexibility index (Phi) is 6.52. The Labute approximate surface area is 241 Å². The molecule has 0 spiro atoms. The van der Waals surface area contributed by atoms with Crippen LogP contribution in [0.15, 0.2) is 77.3 Å². The molecule has 6 rings (SSSR count). The SMILES string of the molecule is Cc1cc(Br)cc2c1N1Cc3cc(N(c4cccc(C(F)(F)F)c4)c4cccc(C(F)(F)F)c4)cc(C)c3N(C2)C1. The molecule has 3 nitrogen and oxygen atoms in total. The van der Waals surface area contributed by atoms with Crippen LogP contribution in [0.3, 0.4) is 0 Å². The van der Waals surface area contributed by atoms with Gasteiger partial charge < -0.3 is 14.7 Å². The monoisotopic (exact) mass is 631 g/mol. The van der Waals surface area contributed by atoms with Gasteiger partial charge in [-0.2, -0.15) is 26.3 Å². The third-order valence-corrected chi connectivity index (χ3v) is 7.98. The van der Waals surface area contributed by atoms with Crippen LogP contribution in [0.5, 0.6) is 0 Å². The summed E-state index contributed by atoms with van der Waals surface area (Å²) in [6, 6.07) is 17.2. The number of nitrogens with zero attached hydrogens (tertiary/aromatic N) is 3. The molecule has 0 radical (unpaired) electrons. The molecule has 10 heteroatoms. The van der Waals surface area contributed by atoms with Gasteiger partial charge >= 0.3 is 12.4 Å². The van der Waals surface area contributed by atoms with E-state index in [1.807, 2.05) is 19.1 Å². The molecule has 4 aromatic carbocycles. The van der Waals surface area contributed by atoms with Crippen molar-refractivity contribution in [2.45, 2.75) is 39.3 Å². The molecule has 0 amide bonds. The smallest absolute Gasteiger partial charge is 0.349 e. The Morgan fingerprint density at radius 3 is 1.63 bits per heavy atom. The van der Waals surface area contributed by atoms with E-state index >= 15 is 0 Å². The van der Waals surface area contributed by atoms with E-state index in [2.05, 4.69) is 44.8 Å². The van der Waals surface area contributed by atoms with Crippen LogP contribution in [0.1, 0.15) is 33.4 Å². The quantitative estimate of drug-likeness (QED) is 0.208. The first-order valence-electron chi connectivity index (χ1n) is 12.9. The minimum absolute atomic E-state index is 0.112. The number of aryl methyl sites for hydroxylation is 2. The van der Waals surface area contributed by atoms with Crippen LogP contribution in [-0.2, 0) is 25.4 Å². The van der Waals surface area contributed by atoms with Gasteiger partial charge in [-0.1, -0.05) is 28.1 Å². The average Bonchev–Trinajstić information content (AvgIpc) is 2.87. The van der Waals surface area contributed by atoms with Crippen LogP contribution >= 0.6 is 15.9 Å². The fourth-order valence-electron chi connectivity index (χ4n) is 6.02. The molecular weight excluding hydrogens is 608 g/mol. The molecule has 4 aromatic rings. The highest BCUT2D eigenvalue weighted by atomic mass is 79.9. The molecule has 0 fully saturated rings. The second-order valence-corrected chi connectivity index (χ2v) is 11.4. The van der Waals surface area contributed by atoms with Crippen molar-refractivity contribution in [3.8, 4) is 0 Å². The summed E-state index contributed by atoms with van der Waals surface area (Å²) in [6.07, 6.45) is -9.22. The van der Waals surface area contributed by atoms with Gasteiger partial charge in [0, 0.05) is 46.0 Å². The molecule has 0 saturated carbocycles. The lowest BCUT2D eigenvalue weighted by atomic mass is 9.96. The van der Waals surface area contributed by atoms with E-state index in [1.54, 1.807) is 0 Å². The molecule has 0 N–H and O–H groups in total. The standard InChI is InChI=1S/C31H24BrF6N3/c1-18-9-24(32)11-20-15-39-17-40(28(18)20)16-21-12-27(10-19(2)29(21)39)41(25-7-3-5-22(13-25)30(33,34)35)26-8-4-6-23(14-26)31(36,37)38/h3-14H,15-17H2,1-2H3. The number of alkyl halides is 6. The van der Waals surface area contributed by atoms with Crippen molar-refractivity contribution in [1.29, 1.82) is 0 Å². The predicted molar refractivity (Wildman–Crippen MR) is 152 cm³/mol. The molecular formula is C31H24BrF6N3. The fourth-order valence-corrected chi connectivity index (χ4v) is 6.64. The molecule has 2 aliphatic heterocycles. The lowest BCUT2D eigenvalue weighted by Gasteiger charge is -2.46. The zero-order valence-corrected chi connectivity index (χ0v) is 23.6. The first kappa shape index (κ1) is 27.5. The van der Waals surface area contributed by atoms with Crippen molar-refractivity contribution in [3.63, 3.8) is 0 Å². The Bertz CT molecular complexity index is 1610. The van der Waals surface area contributed by atoms with Gasteiger partial charge in [0.2, 0.25) is 0 Å². The summed E-state index contributed by atoms with van der Waals surface area (Å²) < 4.78 is 83.0. The second-order valence-electron chi connectivity index (χ2n) is 10.5. The molecule has 2 bridgehead atoms. The molecule has 2 heterocycles. The van der Waals surface area contributed by atoms with E-state index in [0.29, 0.717) is 25.4 Å². The number of hydrogen-bond donors (Lipinski definition) is 0. The Balaban J connectivity index is 1.51. The van der Waals surface area contributed by atoms with Gasteiger partial charge in [-0.25, -0.2) is 0 Å². The van der Waals surface area contributed by atoms with Gasteiger partial charge in [0.05, 0.1) is 17.8 Å². The van der Waals surface area contributed by atoms with Crippen molar-refractivity contribution < 1.29 is 26.3 Å². The number of fused-ring (bicyclic) bond motifs is 6. The third-order valence-electron chi connectivity index (χ3n) is 7.53. The van der Waals surface area contributed by atoms with Gasteiger partial charge in [-0.15, -0.1) is 0 Å². The minimum Gasteiger partial charge on any atom is -0.349 e. The first-order chi connectivity index (χ1) is 19.3. The predicted octanol–water partition coefficient (Wildman–Crippen LogP) is 9.87. The van der Waals surface area contributed by atoms with Gasteiger partial charge in [-0.3, -0.25) is 0 Å². The lowest BCUT2D eigenvalue weighted by Crippen LogP contribution is -2.46. The van der Waals surface area contributed by atoms with E-state index in [-0.39, 0.29) is 11.4 Å². The Morgan fingerprint density at radius 2 is 1.12 bits per heavy atom. The average molecular weight is 632 g/mol. The van der Waals surface area contributed by atoms with Gasteiger partial charge in [0.1, 0.15) is 0 Å². The summed E-state index contributed by atoms with van der Waals surface area (Å²) in [5, 5.41) is 0. The summed E-state index contributed by atoms with van der Waals surface area (Å²) >= 11 is 3.59. The van der Waals surface area contributed by atoms with Gasteiger partial charge in [0.25, 0.3) is 0 Å².